The third-order valence-electron chi connectivity index (χ3n) is 4.21. The maximum absolute atomic E-state index is 3.20. The van der Waals surface area contributed by atoms with Gasteiger partial charge in [0.15, 0.2) is 0 Å². The van der Waals surface area contributed by atoms with E-state index in [-0.39, 0.29) is 0 Å². The van der Waals surface area contributed by atoms with Crippen LogP contribution < -0.4 is 10.2 Å². The molecule has 19 heavy (non-hydrogen) atoms. The summed E-state index contributed by atoms with van der Waals surface area (Å²) in [5.41, 5.74) is 4.09. The SMILES string of the molecule is CNCc1ccc(N(C)CC2CCCN2C)c(C)c1. The Morgan fingerprint density at radius 2 is 2.21 bits per heavy atom. The Bertz CT molecular complexity index is 416. The molecule has 1 aliphatic rings. The van der Waals surface area contributed by atoms with Gasteiger partial charge in [0.05, 0.1) is 0 Å². The van der Waals surface area contributed by atoms with Crippen LogP contribution >= 0.6 is 0 Å². The van der Waals surface area contributed by atoms with Gasteiger partial charge in [0.2, 0.25) is 0 Å². The molecular weight excluding hydrogens is 234 g/mol. The highest BCUT2D eigenvalue weighted by molar-refractivity contribution is 5.54. The topological polar surface area (TPSA) is 18.5 Å². The maximum Gasteiger partial charge on any atom is 0.0394 e. The van der Waals surface area contributed by atoms with Crippen molar-refractivity contribution in [2.24, 2.45) is 0 Å². The molecule has 1 fully saturated rings. The first-order chi connectivity index (χ1) is 9.11. The third-order valence-corrected chi connectivity index (χ3v) is 4.21. The molecule has 0 spiro atoms. The van der Waals surface area contributed by atoms with Crippen molar-refractivity contribution >= 4 is 5.69 Å². The molecule has 0 radical (unpaired) electrons. The van der Waals surface area contributed by atoms with Gasteiger partial charge in [-0.15, -0.1) is 0 Å². The number of anilines is 1. The summed E-state index contributed by atoms with van der Waals surface area (Å²) in [6.45, 7) is 5.53. The molecule has 0 aromatic heterocycles. The molecule has 2 rings (SSSR count). The average Bonchev–Trinajstić information content (AvgIpc) is 2.75. The van der Waals surface area contributed by atoms with E-state index >= 15 is 0 Å². The molecule has 0 aliphatic carbocycles. The zero-order valence-electron chi connectivity index (χ0n) is 12.7. The lowest BCUT2D eigenvalue weighted by Gasteiger charge is -2.28. The minimum absolute atomic E-state index is 0.710. The van der Waals surface area contributed by atoms with E-state index in [4.69, 9.17) is 0 Å². The zero-order chi connectivity index (χ0) is 13.8. The van der Waals surface area contributed by atoms with Gasteiger partial charge in [-0.1, -0.05) is 12.1 Å². The van der Waals surface area contributed by atoms with Crippen molar-refractivity contribution in [3.05, 3.63) is 29.3 Å². The highest BCUT2D eigenvalue weighted by atomic mass is 15.2. The molecule has 1 aromatic carbocycles. The first-order valence-corrected chi connectivity index (χ1v) is 7.27. The summed E-state index contributed by atoms with van der Waals surface area (Å²) in [4.78, 5) is 4.90. The van der Waals surface area contributed by atoms with Gasteiger partial charge in [0.1, 0.15) is 0 Å². The van der Waals surface area contributed by atoms with Crippen molar-refractivity contribution in [3.8, 4) is 0 Å². The summed E-state index contributed by atoms with van der Waals surface area (Å²) < 4.78 is 0. The maximum atomic E-state index is 3.20. The second-order valence-corrected chi connectivity index (χ2v) is 5.81. The lowest BCUT2D eigenvalue weighted by molar-refractivity contribution is 0.314. The fourth-order valence-corrected chi connectivity index (χ4v) is 3.08. The molecule has 1 unspecified atom stereocenters. The zero-order valence-corrected chi connectivity index (χ0v) is 12.7. The number of aryl methyl sites for hydroxylation is 1. The van der Waals surface area contributed by atoms with E-state index in [0.717, 1.165) is 13.1 Å². The number of hydrogen-bond donors (Lipinski definition) is 1. The summed E-state index contributed by atoms with van der Waals surface area (Å²) in [5.74, 6) is 0. The Morgan fingerprint density at radius 1 is 1.42 bits per heavy atom. The summed E-state index contributed by atoms with van der Waals surface area (Å²) in [6.07, 6.45) is 2.67. The van der Waals surface area contributed by atoms with Gasteiger partial charge in [0, 0.05) is 31.9 Å². The molecule has 3 nitrogen and oxygen atoms in total. The van der Waals surface area contributed by atoms with Gasteiger partial charge < -0.3 is 15.1 Å². The standard InChI is InChI=1S/C16H27N3/c1-13-10-14(11-17-2)7-8-16(13)19(4)12-15-6-5-9-18(15)3/h7-8,10,15,17H,5-6,9,11-12H2,1-4H3. The quantitative estimate of drug-likeness (QED) is 0.877. The van der Waals surface area contributed by atoms with Gasteiger partial charge in [-0.25, -0.2) is 0 Å². The number of hydrogen-bond acceptors (Lipinski definition) is 3. The molecule has 1 aromatic rings. The van der Waals surface area contributed by atoms with Gasteiger partial charge >= 0.3 is 0 Å². The Hall–Kier alpha value is -1.06. The summed E-state index contributed by atoms with van der Waals surface area (Å²) in [5, 5.41) is 3.20. The smallest absolute Gasteiger partial charge is 0.0394 e. The molecule has 1 atom stereocenters. The molecule has 3 heteroatoms. The van der Waals surface area contributed by atoms with E-state index in [1.54, 1.807) is 0 Å². The molecule has 1 saturated heterocycles. The van der Waals surface area contributed by atoms with Crippen molar-refractivity contribution in [1.29, 1.82) is 0 Å². The molecule has 0 saturated carbocycles. The minimum atomic E-state index is 0.710. The van der Waals surface area contributed by atoms with Crippen LogP contribution in [0.5, 0.6) is 0 Å². The fourth-order valence-electron chi connectivity index (χ4n) is 3.08. The lowest BCUT2D eigenvalue weighted by atomic mass is 10.1. The number of nitrogens with zero attached hydrogens (tertiary/aromatic N) is 2. The van der Waals surface area contributed by atoms with Crippen molar-refractivity contribution in [2.75, 3.05) is 39.1 Å². The van der Waals surface area contributed by atoms with Crippen LogP contribution in [0.3, 0.4) is 0 Å². The Labute approximate surface area is 117 Å². The van der Waals surface area contributed by atoms with Crippen molar-refractivity contribution in [3.63, 3.8) is 0 Å². The first-order valence-electron chi connectivity index (χ1n) is 7.27. The largest absolute Gasteiger partial charge is 0.373 e. The van der Waals surface area contributed by atoms with E-state index in [1.165, 1.54) is 36.2 Å². The van der Waals surface area contributed by atoms with Gasteiger partial charge in [-0.2, -0.15) is 0 Å². The van der Waals surface area contributed by atoms with Crippen LogP contribution in [0.25, 0.3) is 0 Å². The van der Waals surface area contributed by atoms with Crippen molar-refractivity contribution < 1.29 is 0 Å². The molecule has 1 heterocycles. The summed E-state index contributed by atoms with van der Waals surface area (Å²) in [7, 11) is 6.45. The van der Waals surface area contributed by atoms with E-state index < -0.39 is 0 Å². The van der Waals surface area contributed by atoms with Crippen LogP contribution in [0.15, 0.2) is 18.2 Å². The van der Waals surface area contributed by atoms with Crippen LogP contribution in [-0.4, -0.2) is 45.2 Å². The molecule has 1 aliphatic heterocycles. The van der Waals surface area contributed by atoms with Gasteiger partial charge in [-0.3, -0.25) is 0 Å². The second kappa shape index (κ2) is 6.40. The van der Waals surface area contributed by atoms with Gasteiger partial charge in [-0.05, 0) is 57.6 Å². The van der Waals surface area contributed by atoms with Crippen molar-refractivity contribution in [2.45, 2.75) is 32.4 Å². The third kappa shape index (κ3) is 3.48. The Morgan fingerprint density at radius 3 is 2.79 bits per heavy atom. The summed E-state index contributed by atoms with van der Waals surface area (Å²) in [6, 6.07) is 7.49. The van der Waals surface area contributed by atoms with Crippen LogP contribution in [0.1, 0.15) is 24.0 Å². The van der Waals surface area contributed by atoms with E-state index in [1.807, 2.05) is 7.05 Å². The lowest BCUT2D eigenvalue weighted by Crippen LogP contribution is -2.36. The van der Waals surface area contributed by atoms with Crippen LogP contribution in [0.2, 0.25) is 0 Å². The van der Waals surface area contributed by atoms with E-state index in [2.05, 4.69) is 54.3 Å². The molecule has 0 amide bonds. The molecule has 106 valence electrons. The number of benzene rings is 1. The predicted molar refractivity (Wildman–Crippen MR) is 82.9 cm³/mol. The highest BCUT2D eigenvalue weighted by Crippen LogP contribution is 2.23. The molecular formula is C16H27N3. The normalized spacial score (nSPS) is 19.9. The molecule has 0 bridgehead atoms. The average molecular weight is 261 g/mol. The highest BCUT2D eigenvalue weighted by Gasteiger charge is 2.22. The van der Waals surface area contributed by atoms with Gasteiger partial charge in [0.25, 0.3) is 0 Å². The number of rotatable bonds is 5. The van der Waals surface area contributed by atoms with Crippen LogP contribution in [0.4, 0.5) is 5.69 Å². The number of nitrogens with one attached hydrogen (secondary N) is 1. The van der Waals surface area contributed by atoms with Crippen LogP contribution in [-0.2, 0) is 6.54 Å². The van der Waals surface area contributed by atoms with E-state index in [0.29, 0.717) is 6.04 Å². The predicted octanol–water partition coefficient (Wildman–Crippen LogP) is 2.24. The van der Waals surface area contributed by atoms with E-state index in [9.17, 15) is 0 Å². The number of likely N-dealkylation sites (tertiary alicyclic amines) is 1. The summed E-state index contributed by atoms with van der Waals surface area (Å²) >= 11 is 0. The monoisotopic (exact) mass is 261 g/mol. The minimum Gasteiger partial charge on any atom is -0.373 e. The molecule has 1 N–H and O–H groups in total. The van der Waals surface area contributed by atoms with Crippen molar-refractivity contribution in [1.82, 2.24) is 10.2 Å². The first kappa shape index (κ1) is 14.4. The number of likely N-dealkylation sites (N-methyl/N-ethyl adjacent to an activating group) is 2. The fraction of sp³-hybridized carbons (Fsp3) is 0.625. The Balaban J connectivity index is 2.04. The second-order valence-electron chi connectivity index (χ2n) is 5.81. The Kier molecular flexibility index (Phi) is 4.83. The van der Waals surface area contributed by atoms with Crippen LogP contribution in [0, 0.1) is 6.92 Å².